The van der Waals surface area contributed by atoms with E-state index in [0.29, 0.717) is 11.1 Å². The van der Waals surface area contributed by atoms with Gasteiger partial charge in [-0.25, -0.2) is 0 Å². The van der Waals surface area contributed by atoms with Crippen molar-refractivity contribution in [2.24, 2.45) is 0 Å². The summed E-state index contributed by atoms with van der Waals surface area (Å²) in [5.41, 5.74) is 12.8. The van der Waals surface area contributed by atoms with Gasteiger partial charge in [-0.05, 0) is 6.07 Å². The van der Waals surface area contributed by atoms with Crippen LogP contribution in [0.1, 0.15) is 15.9 Å². The fourth-order valence-electron chi connectivity index (χ4n) is 1.80. The predicted octanol–water partition coefficient (Wildman–Crippen LogP) is 2.74. The first kappa shape index (κ1) is 13.2. The van der Waals surface area contributed by atoms with Gasteiger partial charge in [-0.2, -0.15) is 0 Å². The molecule has 2 aromatic rings. The van der Waals surface area contributed by atoms with Crippen LogP contribution >= 0.6 is 11.6 Å². The maximum Gasteiger partial charge on any atom is 0.196 e. The van der Waals surface area contributed by atoms with Gasteiger partial charge in [0.15, 0.2) is 11.5 Å². The Bertz CT molecular complexity index is 627. The predicted molar refractivity (Wildman–Crippen MR) is 76.7 cm³/mol. The van der Waals surface area contributed by atoms with Gasteiger partial charge in [0.2, 0.25) is 0 Å². The van der Waals surface area contributed by atoms with Crippen molar-refractivity contribution in [1.29, 1.82) is 0 Å². The maximum atomic E-state index is 12.4. The molecule has 0 saturated carbocycles. The quantitative estimate of drug-likeness (QED) is 0.667. The van der Waals surface area contributed by atoms with Crippen LogP contribution < -0.4 is 16.2 Å². The number of carbonyl (C=O) groups is 1. The van der Waals surface area contributed by atoms with Gasteiger partial charge in [0.05, 0.1) is 29.1 Å². The fourth-order valence-corrected chi connectivity index (χ4v) is 2.01. The number of nitrogens with two attached hydrogens (primary N) is 2. The third-order valence-electron chi connectivity index (χ3n) is 2.79. The minimum atomic E-state index is -0.217. The number of anilines is 2. The molecule has 2 aromatic carbocycles. The lowest BCUT2D eigenvalue weighted by molar-refractivity contribution is 0.103. The molecule has 4 N–H and O–H groups in total. The lowest BCUT2D eigenvalue weighted by Crippen LogP contribution is -2.08. The Kier molecular flexibility index (Phi) is 3.62. The number of hydrogen-bond donors (Lipinski definition) is 2. The van der Waals surface area contributed by atoms with Crippen LogP contribution in [0.5, 0.6) is 5.75 Å². The monoisotopic (exact) mass is 276 g/mol. The molecule has 0 radical (unpaired) electrons. The van der Waals surface area contributed by atoms with Crippen LogP contribution in [0, 0.1) is 0 Å². The largest absolute Gasteiger partial charge is 0.494 e. The second-order valence-corrected chi connectivity index (χ2v) is 4.37. The highest BCUT2D eigenvalue weighted by Gasteiger charge is 2.20. The summed E-state index contributed by atoms with van der Waals surface area (Å²) in [7, 11) is 1.43. The molecule has 0 aliphatic carbocycles. The molecule has 5 heteroatoms. The van der Waals surface area contributed by atoms with E-state index in [2.05, 4.69) is 0 Å². The van der Waals surface area contributed by atoms with Crippen LogP contribution in [-0.2, 0) is 0 Å². The van der Waals surface area contributed by atoms with Gasteiger partial charge in [0.25, 0.3) is 0 Å². The zero-order valence-corrected chi connectivity index (χ0v) is 11.1. The third kappa shape index (κ3) is 2.35. The molecule has 0 saturated heterocycles. The average Bonchev–Trinajstić information content (AvgIpc) is 2.44. The number of ketones is 1. The number of hydrogen-bond acceptors (Lipinski definition) is 4. The third-order valence-corrected chi connectivity index (χ3v) is 3.11. The molecule has 0 amide bonds. The normalized spacial score (nSPS) is 10.2. The molecule has 0 aliphatic rings. The first-order chi connectivity index (χ1) is 9.06. The molecule has 0 heterocycles. The highest BCUT2D eigenvalue weighted by molar-refractivity contribution is 6.34. The van der Waals surface area contributed by atoms with Crippen molar-refractivity contribution in [2.45, 2.75) is 0 Å². The van der Waals surface area contributed by atoms with Crippen molar-refractivity contribution in [1.82, 2.24) is 0 Å². The number of benzene rings is 2. The van der Waals surface area contributed by atoms with E-state index in [0.717, 1.165) is 0 Å². The van der Waals surface area contributed by atoms with Crippen LogP contribution in [0.15, 0.2) is 36.4 Å². The molecule has 0 bridgehead atoms. The van der Waals surface area contributed by atoms with Crippen molar-refractivity contribution in [3.63, 3.8) is 0 Å². The molecule has 0 atom stereocenters. The number of halogens is 1. The van der Waals surface area contributed by atoms with Crippen molar-refractivity contribution >= 4 is 28.8 Å². The summed E-state index contributed by atoms with van der Waals surface area (Å²) < 4.78 is 5.17. The summed E-state index contributed by atoms with van der Waals surface area (Å²) in [4.78, 5) is 12.4. The Hall–Kier alpha value is -2.20. The van der Waals surface area contributed by atoms with Gasteiger partial charge in [0, 0.05) is 5.56 Å². The molecule has 0 fully saturated rings. The summed E-state index contributed by atoms with van der Waals surface area (Å²) in [5.74, 6) is 0.0294. The molecule has 19 heavy (non-hydrogen) atoms. The van der Waals surface area contributed by atoms with Gasteiger partial charge < -0.3 is 16.2 Å². The highest BCUT2D eigenvalue weighted by atomic mass is 35.5. The Morgan fingerprint density at radius 1 is 1.16 bits per heavy atom. The molecule has 2 rings (SSSR count). The first-order valence-electron chi connectivity index (χ1n) is 5.57. The zero-order valence-electron chi connectivity index (χ0n) is 10.3. The Labute approximate surface area is 115 Å². The summed E-state index contributed by atoms with van der Waals surface area (Å²) in [5, 5.41) is 0.234. The average molecular weight is 277 g/mol. The molecular weight excluding hydrogens is 264 g/mol. The van der Waals surface area contributed by atoms with E-state index in [1.807, 2.05) is 6.07 Å². The highest BCUT2D eigenvalue weighted by Crippen LogP contribution is 2.38. The van der Waals surface area contributed by atoms with Gasteiger partial charge in [-0.15, -0.1) is 0 Å². The second kappa shape index (κ2) is 5.20. The van der Waals surface area contributed by atoms with E-state index in [4.69, 9.17) is 27.8 Å². The summed E-state index contributed by atoms with van der Waals surface area (Å²) >= 11 is 5.97. The Morgan fingerprint density at radius 3 is 2.37 bits per heavy atom. The zero-order chi connectivity index (χ0) is 14.0. The van der Waals surface area contributed by atoms with Crippen LogP contribution in [0.25, 0.3) is 0 Å². The molecule has 0 spiro atoms. The lowest BCUT2D eigenvalue weighted by Gasteiger charge is -2.13. The molecule has 0 aromatic heterocycles. The van der Waals surface area contributed by atoms with Gasteiger partial charge in [-0.1, -0.05) is 41.9 Å². The SMILES string of the molecule is COc1c(C(=O)c2ccccc2)cc(Cl)c(N)c1N. The van der Waals surface area contributed by atoms with Crippen LogP contribution in [0.3, 0.4) is 0 Å². The summed E-state index contributed by atoms with van der Waals surface area (Å²) in [6.07, 6.45) is 0. The molecular formula is C14H13ClN2O2. The van der Waals surface area contributed by atoms with Crippen LogP contribution in [0.2, 0.25) is 5.02 Å². The van der Waals surface area contributed by atoms with E-state index in [9.17, 15) is 4.79 Å². The van der Waals surface area contributed by atoms with Crippen molar-refractivity contribution < 1.29 is 9.53 Å². The fraction of sp³-hybridized carbons (Fsp3) is 0.0714. The van der Waals surface area contributed by atoms with Gasteiger partial charge >= 0.3 is 0 Å². The topological polar surface area (TPSA) is 78.3 Å². The van der Waals surface area contributed by atoms with Gasteiger partial charge in [-0.3, -0.25) is 4.79 Å². The molecule has 98 valence electrons. The Morgan fingerprint density at radius 2 is 1.79 bits per heavy atom. The molecule has 0 unspecified atom stereocenters. The number of ether oxygens (including phenoxy) is 1. The number of rotatable bonds is 3. The van der Waals surface area contributed by atoms with Crippen LogP contribution in [-0.4, -0.2) is 12.9 Å². The van der Waals surface area contributed by atoms with Gasteiger partial charge in [0.1, 0.15) is 0 Å². The first-order valence-corrected chi connectivity index (χ1v) is 5.95. The molecule has 4 nitrogen and oxygen atoms in total. The number of methoxy groups -OCH3 is 1. The standard InChI is InChI=1S/C14H13ClN2O2/c1-19-14-9(7-10(15)11(16)12(14)17)13(18)8-5-3-2-4-6-8/h2-7H,16-17H2,1H3. The molecule has 0 aliphatic heterocycles. The van der Waals surface area contributed by atoms with Crippen molar-refractivity contribution in [3.8, 4) is 5.75 Å². The smallest absolute Gasteiger partial charge is 0.196 e. The minimum absolute atomic E-state index is 0.175. The number of carbonyl (C=O) groups excluding carboxylic acids is 1. The lowest BCUT2D eigenvalue weighted by atomic mass is 10.0. The van der Waals surface area contributed by atoms with Crippen molar-refractivity contribution in [3.05, 3.63) is 52.5 Å². The Balaban J connectivity index is 2.60. The minimum Gasteiger partial charge on any atom is -0.494 e. The van der Waals surface area contributed by atoms with E-state index in [-0.39, 0.29) is 27.9 Å². The van der Waals surface area contributed by atoms with E-state index in [1.165, 1.54) is 13.2 Å². The maximum absolute atomic E-state index is 12.4. The summed E-state index contributed by atoms with van der Waals surface area (Å²) in [6.45, 7) is 0. The second-order valence-electron chi connectivity index (χ2n) is 3.96. The number of nitrogen functional groups attached to an aromatic ring is 2. The van der Waals surface area contributed by atoms with E-state index < -0.39 is 0 Å². The summed E-state index contributed by atoms with van der Waals surface area (Å²) in [6, 6.07) is 10.3. The van der Waals surface area contributed by atoms with Crippen molar-refractivity contribution in [2.75, 3.05) is 18.6 Å². The van der Waals surface area contributed by atoms with Crippen LogP contribution in [0.4, 0.5) is 11.4 Å². The van der Waals surface area contributed by atoms with E-state index >= 15 is 0 Å². The van der Waals surface area contributed by atoms with E-state index in [1.54, 1.807) is 24.3 Å².